The van der Waals surface area contributed by atoms with Gasteiger partial charge in [-0.25, -0.2) is 4.39 Å². The summed E-state index contributed by atoms with van der Waals surface area (Å²) in [4.78, 5) is 12.0. The Kier molecular flexibility index (Phi) is 5.02. The van der Waals surface area contributed by atoms with Crippen LogP contribution in [0.2, 0.25) is 10.0 Å². The molecule has 0 saturated heterocycles. The molecule has 0 heterocycles. The second kappa shape index (κ2) is 6.57. The molecule has 0 atom stereocenters. The number of benzene rings is 2. The minimum Gasteiger partial charge on any atom is -0.325 e. The molecule has 20 heavy (non-hydrogen) atoms. The van der Waals surface area contributed by atoms with Crippen LogP contribution in [-0.2, 0) is 11.2 Å². The lowest BCUT2D eigenvalue weighted by Crippen LogP contribution is -2.15. The van der Waals surface area contributed by atoms with Crippen LogP contribution in [0.4, 0.5) is 10.1 Å². The zero-order valence-electron chi connectivity index (χ0n) is 10.1. The maximum absolute atomic E-state index is 13.0. The van der Waals surface area contributed by atoms with E-state index in [9.17, 15) is 9.18 Å². The monoisotopic (exact) mass is 375 g/mol. The van der Waals surface area contributed by atoms with Crippen LogP contribution < -0.4 is 5.32 Å². The maximum atomic E-state index is 13.0. The SMILES string of the molecule is O=C(Cc1c(Cl)cccc1Cl)Nc1ccc(F)cc1Br. The molecular weight excluding hydrogens is 368 g/mol. The van der Waals surface area contributed by atoms with Gasteiger partial charge in [-0.1, -0.05) is 29.3 Å². The van der Waals surface area contributed by atoms with Crippen LogP contribution in [-0.4, -0.2) is 5.91 Å². The van der Waals surface area contributed by atoms with Crippen molar-refractivity contribution >= 4 is 50.7 Å². The smallest absolute Gasteiger partial charge is 0.228 e. The van der Waals surface area contributed by atoms with Crippen molar-refractivity contribution in [3.8, 4) is 0 Å². The van der Waals surface area contributed by atoms with E-state index in [1.165, 1.54) is 18.2 Å². The second-order valence-corrected chi connectivity index (χ2v) is 5.72. The highest BCUT2D eigenvalue weighted by molar-refractivity contribution is 9.10. The number of anilines is 1. The van der Waals surface area contributed by atoms with Gasteiger partial charge in [-0.15, -0.1) is 0 Å². The lowest BCUT2D eigenvalue weighted by atomic mass is 10.1. The molecule has 2 nitrogen and oxygen atoms in total. The molecule has 0 spiro atoms. The normalized spacial score (nSPS) is 10.4. The van der Waals surface area contributed by atoms with Gasteiger partial charge in [-0.3, -0.25) is 4.79 Å². The first-order chi connectivity index (χ1) is 9.47. The second-order valence-electron chi connectivity index (χ2n) is 4.05. The van der Waals surface area contributed by atoms with Crippen molar-refractivity contribution in [3.05, 3.63) is 62.3 Å². The zero-order chi connectivity index (χ0) is 14.7. The number of carbonyl (C=O) groups excluding carboxylic acids is 1. The van der Waals surface area contributed by atoms with Gasteiger partial charge in [0, 0.05) is 14.5 Å². The predicted octanol–water partition coefficient (Wildman–Crippen LogP) is 5.08. The number of hydrogen-bond acceptors (Lipinski definition) is 1. The molecule has 2 aromatic rings. The zero-order valence-corrected chi connectivity index (χ0v) is 13.2. The van der Waals surface area contributed by atoms with Crippen LogP contribution in [0.25, 0.3) is 0 Å². The number of amides is 1. The fourth-order valence-corrected chi connectivity index (χ4v) is 2.63. The largest absolute Gasteiger partial charge is 0.325 e. The number of nitrogens with one attached hydrogen (secondary N) is 1. The maximum Gasteiger partial charge on any atom is 0.228 e. The van der Waals surface area contributed by atoms with Gasteiger partial charge in [0.25, 0.3) is 0 Å². The molecular formula is C14H9BrCl2FNO. The van der Waals surface area contributed by atoms with E-state index in [4.69, 9.17) is 23.2 Å². The Morgan fingerprint density at radius 2 is 1.85 bits per heavy atom. The Hall–Kier alpha value is -1.10. The van der Waals surface area contributed by atoms with Gasteiger partial charge in [0.2, 0.25) is 5.91 Å². The molecule has 0 saturated carbocycles. The highest BCUT2D eigenvalue weighted by Crippen LogP contribution is 2.26. The molecule has 0 unspecified atom stereocenters. The molecule has 1 amide bonds. The van der Waals surface area contributed by atoms with Gasteiger partial charge in [0.15, 0.2) is 0 Å². The van der Waals surface area contributed by atoms with E-state index >= 15 is 0 Å². The molecule has 1 N–H and O–H groups in total. The summed E-state index contributed by atoms with van der Waals surface area (Å²) in [6.45, 7) is 0. The van der Waals surface area contributed by atoms with Crippen molar-refractivity contribution in [2.75, 3.05) is 5.32 Å². The van der Waals surface area contributed by atoms with Gasteiger partial charge in [0.05, 0.1) is 12.1 Å². The van der Waals surface area contributed by atoms with Crippen LogP contribution in [0.3, 0.4) is 0 Å². The van der Waals surface area contributed by atoms with Crippen LogP contribution >= 0.6 is 39.1 Å². The molecule has 0 fully saturated rings. The van der Waals surface area contributed by atoms with Crippen LogP contribution in [0.5, 0.6) is 0 Å². The lowest BCUT2D eigenvalue weighted by molar-refractivity contribution is -0.115. The molecule has 2 aromatic carbocycles. The Balaban J connectivity index is 2.13. The van der Waals surface area contributed by atoms with E-state index in [0.29, 0.717) is 25.8 Å². The van der Waals surface area contributed by atoms with Gasteiger partial charge < -0.3 is 5.32 Å². The van der Waals surface area contributed by atoms with Crippen molar-refractivity contribution in [3.63, 3.8) is 0 Å². The van der Waals surface area contributed by atoms with E-state index in [-0.39, 0.29) is 18.1 Å². The van der Waals surface area contributed by atoms with Crippen LogP contribution in [0.1, 0.15) is 5.56 Å². The summed E-state index contributed by atoms with van der Waals surface area (Å²) in [5.41, 5.74) is 1.05. The first-order valence-electron chi connectivity index (χ1n) is 5.65. The summed E-state index contributed by atoms with van der Waals surface area (Å²) < 4.78 is 13.4. The standard InChI is InChI=1S/C14H9BrCl2FNO/c15-10-6-8(18)4-5-13(10)19-14(20)7-9-11(16)2-1-3-12(9)17/h1-6H,7H2,(H,19,20). The molecule has 0 bridgehead atoms. The molecule has 0 aliphatic carbocycles. The van der Waals surface area contributed by atoms with E-state index in [2.05, 4.69) is 21.2 Å². The summed E-state index contributed by atoms with van der Waals surface area (Å²) in [5.74, 6) is -0.670. The van der Waals surface area contributed by atoms with Crippen LogP contribution in [0.15, 0.2) is 40.9 Å². The summed E-state index contributed by atoms with van der Waals surface area (Å²) in [7, 11) is 0. The minimum atomic E-state index is -0.385. The van der Waals surface area contributed by atoms with Crippen molar-refractivity contribution in [1.29, 1.82) is 0 Å². The van der Waals surface area contributed by atoms with E-state index in [0.717, 1.165) is 0 Å². The third kappa shape index (κ3) is 3.72. The Morgan fingerprint density at radius 1 is 1.20 bits per heavy atom. The third-order valence-electron chi connectivity index (χ3n) is 2.60. The molecule has 104 valence electrons. The molecule has 6 heteroatoms. The molecule has 2 rings (SSSR count). The summed E-state index contributed by atoms with van der Waals surface area (Å²) in [5, 5.41) is 3.54. The molecule has 0 radical (unpaired) electrons. The topological polar surface area (TPSA) is 29.1 Å². The van der Waals surface area contributed by atoms with Crippen LogP contribution in [0, 0.1) is 5.82 Å². The third-order valence-corrected chi connectivity index (χ3v) is 3.97. The van der Waals surface area contributed by atoms with Crippen molar-refractivity contribution in [2.45, 2.75) is 6.42 Å². The highest BCUT2D eigenvalue weighted by Gasteiger charge is 2.12. The van der Waals surface area contributed by atoms with Gasteiger partial charge in [-0.05, 0) is 51.8 Å². The summed E-state index contributed by atoms with van der Waals surface area (Å²) >= 11 is 15.2. The Morgan fingerprint density at radius 3 is 2.45 bits per heavy atom. The van der Waals surface area contributed by atoms with E-state index < -0.39 is 0 Å². The summed E-state index contributed by atoms with van der Waals surface area (Å²) in [6.07, 6.45) is 0.0440. The molecule has 0 aromatic heterocycles. The summed E-state index contributed by atoms with van der Waals surface area (Å²) in [6, 6.07) is 9.07. The fraction of sp³-hybridized carbons (Fsp3) is 0.0714. The quantitative estimate of drug-likeness (QED) is 0.795. The van der Waals surface area contributed by atoms with Gasteiger partial charge in [0.1, 0.15) is 5.82 Å². The lowest BCUT2D eigenvalue weighted by Gasteiger charge is -2.09. The number of carbonyl (C=O) groups is 1. The molecule has 0 aliphatic heterocycles. The number of rotatable bonds is 3. The van der Waals surface area contributed by atoms with Gasteiger partial charge >= 0.3 is 0 Å². The highest BCUT2D eigenvalue weighted by atomic mass is 79.9. The predicted molar refractivity (Wildman–Crippen MR) is 82.9 cm³/mol. The van der Waals surface area contributed by atoms with Crippen molar-refractivity contribution in [1.82, 2.24) is 0 Å². The first-order valence-corrected chi connectivity index (χ1v) is 7.20. The number of halogens is 4. The first kappa shape index (κ1) is 15.3. The fourth-order valence-electron chi connectivity index (χ4n) is 1.65. The number of hydrogen-bond donors (Lipinski definition) is 1. The van der Waals surface area contributed by atoms with E-state index in [1.807, 2.05) is 0 Å². The average Bonchev–Trinajstić information content (AvgIpc) is 2.37. The van der Waals surface area contributed by atoms with Crippen molar-refractivity contribution < 1.29 is 9.18 Å². The Bertz CT molecular complexity index is 643. The van der Waals surface area contributed by atoms with E-state index in [1.54, 1.807) is 18.2 Å². The Labute approximate surface area is 134 Å². The van der Waals surface area contributed by atoms with Gasteiger partial charge in [-0.2, -0.15) is 0 Å². The minimum absolute atomic E-state index is 0.0440. The molecule has 0 aliphatic rings. The van der Waals surface area contributed by atoms with Crippen molar-refractivity contribution in [2.24, 2.45) is 0 Å². The average molecular weight is 377 g/mol.